The van der Waals surface area contributed by atoms with E-state index in [1.54, 1.807) is 6.08 Å². The SMILES string of the molecule is Cc1ccccc1/C=C(/C#N)C(N)=S. The third-order valence-corrected chi connectivity index (χ3v) is 2.09. The summed E-state index contributed by atoms with van der Waals surface area (Å²) in [6, 6.07) is 9.72. The molecule has 0 spiro atoms. The van der Waals surface area contributed by atoms with Crippen LogP contribution >= 0.6 is 12.2 Å². The average molecular weight is 202 g/mol. The molecule has 14 heavy (non-hydrogen) atoms. The number of nitriles is 1. The Hall–Kier alpha value is -1.66. The molecule has 0 fully saturated rings. The lowest BCUT2D eigenvalue weighted by atomic mass is 10.1. The van der Waals surface area contributed by atoms with Crippen molar-refractivity contribution >= 4 is 23.3 Å². The predicted octanol–water partition coefficient (Wildman–Crippen LogP) is 2.19. The Labute approximate surface area is 88.7 Å². The van der Waals surface area contributed by atoms with Crippen molar-refractivity contribution in [3.05, 3.63) is 41.0 Å². The number of nitrogens with zero attached hydrogens (tertiary/aromatic N) is 1. The van der Waals surface area contributed by atoms with Gasteiger partial charge in [-0.3, -0.25) is 0 Å². The van der Waals surface area contributed by atoms with Crippen LogP contribution in [0.5, 0.6) is 0 Å². The van der Waals surface area contributed by atoms with E-state index in [9.17, 15) is 0 Å². The second-order valence-electron chi connectivity index (χ2n) is 2.89. The van der Waals surface area contributed by atoms with Gasteiger partial charge in [0.1, 0.15) is 11.1 Å². The van der Waals surface area contributed by atoms with Crippen molar-refractivity contribution in [1.29, 1.82) is 5.26 Å². The van der Waals surface area contributed by atoms with Crippen molar-refractivity contribution in [3.8, 4) is 6.07 Å². The Balaban J connectivity index is 3.15. The van der Waals surface area contributed by atoms with E-state index in [4.69, 9.17) is 23.2 Å². The Morgan fingerprint density at radius 2 is 2.14 bits per heavy atom. The second-order valence-corrected chi connectivity index (χ2v) is 3.33. The summed E-state index contributed by atoms with van der Waals surface area (Å²) in [4.78, 5) is 0.135. The molecule has 3 heteroatoms. The molecule has 0 atom stereocenters. The fourth-order valence-electron chi connectivity index (χ4n) is 1.06. The Morgan fingerprint density at radius 3 is 2.64 bits per heavy atom. The minimum atomic E-state index is 0.135. The highest BCUT2D eigenvalue weighted by atomic mass is 32.1. The summed E-state index contributed by atoms with van der Waals surface area (Å²) in [7, 11) is 0. The minimum absolute atomic E-state index is 0.135. The normalized spacial score (nSPS) is 10.7. The van der Waals surface area contributed by atoms with Crippen LogP contribution < -0.4 is 5.73 Å². The van der Waals surface area contributed by atoms with Crippen molar-refractivity contribution in [3.63, 3.8) is 0 Å². The van der Waals surface area contributed by atoms with Gasteiger partial charge in [-0.15, -0.1) is 0 Å². The molecule has 70 valence electrons. The zero-order valence-corrected chi connectivity index (χ0v) is 8.64. The van der Waals surface area contributed by atoms with Gasteiger partial charge in [0, 0.05) is 0 Å². The van der Waals surface area contributed by atoms with Crippen LogP contribution in [0.4, 0.5) is 0 Å². The largest absolute Gasteiger partial charge is 0.389 e. The van der Waals surface area contributed by atoms with Gasteiger partial charge in [0.2, 0.25) is 0 Å². The number of hydrogen-bond donors (Lipinski definition) is 1. The van der Waals surface area contributed by atoms with Gasteiger partial charge in [-0.1, -0.05) is 36.5 Å². The fraction of sp³-hybridized carbons (Fsp3) is 0.0909. The molecule has 0 bridgehead atoms. The van der Waals surface area contributed by atoms with Crippen LogP contribution in [0.3, 0.4) is 0 Å². The van der Waals surface area contributed by atoms with E-state index in [2.05, 4.69) is 0 Å². The van der Waals surface area contributed by atoms with Crippen LogP contribution in [0.15, 0.2) is 29.8 Å². The van der Waals surface area contributed by atoms with Crippen molar-refractivity contribution in [2.75, 3.05) is 0 Å². The molecular formula is C11H10N2S. The third-order valence-electron chi connectivity index (χ3n) is 1.87. The molecule has 0 unspecified atom stereocenters. The van der Waals surface area contributed by atoms with Gasteiger partial charge in [-0.2, -0.15) is 5.26 Å². The van der Waals surface area contributed by atoms with E-state index in [0.717, 1.165) is 11.1 Å². The van der Waals surface area contributed by atoms with E-state index in [0.29, 0.717) is 5.57 Å². The number of aryl methyl sites for hydroxylation is 1. The summed E-state index contributed by atoms with van der Waals surface area (Å²) in [5, 5.41) is 8.76. The standard InChI is InChI=1S/C11H10N2S/c1-8-4-2-3-5-9(8)6-10(7-12)11(13)14/h2-6H,1H3,(H2,13,14)/b10-6-. The van der Waals surface area contributed by atoms with Crippen LogP contribution in [-0.4, -0.2) is 4.99 Å². The Kier molecular flexibility index (Phi) is 3.38. The van der Waals surface area contributed by atoms with E-state index >= 15 is 0 Å². The highest BCUT2D eigenvalue weighted by Crippen LogP contribution is 2.11. The smallest absolute Gasteiger partial charge is 0.114 e. The average Bonchev–Trinajstić information content (AvgIpc) is 2.16. The van der Waals surface area contributed by atoms with Gasteiger partial charge in [0.15, 0.2) is 0 Å². The van der Waals surface area contributed by atoms with Crippen LogP contribution in [0, 0.1) is 18.3 Å². The zero-order chi connectivity index (χ0) is 10.6. The van der Waals surface area contributed by atoms with Gasteiger partial charge in [-0.05, 0) is 24.1 Å². The van der Waals surface area contributed by atoms with E-state index in [-0.39, 0.29) is 4.99 Å². The van der Waals surface area contributed by atoms with Gasteiger partial charge in [0.05, 0.1) is 5.57 Å². The summed E-state index contributed by atoms with van der Waals surface area (Å²) in [5.41, 5.74) is 7.79. The number of nitrogens with two attached hydrogens (primary N) is 1. The molecule has 0 aromatic heterocycles. The van der Waals surface area contributed by atoms with Gasteiger partial charge < -0.3 is 5.73 Å². The number of thiocarbonyl (C=S) groups is 1. The summed E-state index contributed by atoms with van der Waals surface area (Å²) < 4.78 is 0. The maximum absolute atomic E-state index is 8.76. The molecular weight excluding hydrogens is 192 g/mol. The first kappa shape index (κ1) is 10.4. The monoisotopic (exact) mass is 202 g/mol. The summed E-state index contributed by atoms with van der Waals surface area (Å²) in [6.45, 7) is 1.97. The number of hydrogen-bond acceptors (Lipinski definition) is 2. The maximum Gasteiger partial charge on any atom is 0.114 e. The van der Waals surface area contributed by atoms with Crippen LogP contribution in [0.1, 0.15) is 11.1 Å². The quantitative estimate of drug-likeness (QED) is 0.454. The molecule has 0 saturated heterocycles. The molecule has 0 saturated carbocycles. The first-order valence-electron chi connectivity index (χ1n) is 4.12. The third kappa shape index (κ3) is 2.41. The topological polar surface area (TPSA) is 49.8 Å². The molecule has 0 amide bonds. The summed E-state index contributed by atoms with van der Waals surface area (Å²) in [5.74, 6) is 0. The van der Waals surface area contributed by atoms with Gasteiger partial charge >= 0.3 is 0 Å². The van der Waals surface area contributed by atoms with E-state index in [1.165, 1.54) is 0 Å². The van der Waals surface area contributed by atoms with Gasteiger partial charge in [0.25, 0.3) is 0 Å². The van der Waals surface area contributed by atoms with Crippen LogP contribution in [-0.2, 0) is 0 Å². The minimum Gasteiger partial charge on any atom is -0.389 e. The molecule has 0 aliphatic rings. The molecule has 0 aliphatic carbocycles. The molecule has 0 aliphatic heterocycles. The van der Waals surface area contributed by atoms with Crippen molar-refractivity contribution in [2.24, 2.45) is 5.73 Å². The first-order chi connectivity index (χ1) is 6.65. The van der Waals surface area contributed by atoms with Crippen molar-refractivity contribution < 1.29 is 0 Å². The summed E-state index contributed by atoms with van der Waals surface area (Å²) >= 11 is 4.75. The van der Waals surface area contributed by atoms with Crippen molar-refractivity contribution in [1.82, 2.24) is 0 Å². The number of rotatable bonds is 2. The van der Waals surface area contributed by atoms with E-state index in [1.807, 2.05) is 37.3 Å². The molecule has 2 N–H and O–H groups in total. The second kappa shape index (κ2) is 4.54. The first-order valence-corrected chi connectivity index (χ1v) is 4.53. The molecule has 1 aromatic carbocycles. The van der Waals surface area contributed by atoms with E-state index < -0.39 is 0 Å². The molecule has 1 rings (SSSR count). The zero-order valence-electron chi connectivity index (χ0n) is 7.82. The lowest BCUT2D eigenvalue weighted by Gasteiger charge is -1.99. The van der Waals surface area contributed by atoms with Crippen LogP contribution in [0.2, 0.25) is 0 Å². The van der Waals surface area contributed by atoms with Crippen LogP contribution in [0.25, 0.3) is 6.08 Å². The molecule has 2 nitrogen and oxygen atoms in total. The Morgan fingerprint density at radius 1 is 1.50 bits per heavy atom. The van der Waals surface area contributed by atoms with Gasteiger partial charge in [-0.25, -0.2) is 0 Å². The lowest BCUT2D eigenvalue weighted by Crippen LogP contribution is -2.09. The summed E-state index contributed by atoms with van der Waals surface area (Å²) in [6.07, 6.45) is 1.71. The molecule has 0 radical (unpaired) electrons. The number of benzene rings is 1. The fourth-order valence-corrected chi connectivity index (χ4v) is 1.17. The maximum atomic E-state index is 8.76. The highest BCUT2D eigenvalue weighted by Gasteiger charge is 2.00. The highest BCUT2D eigenvalue weighted by molar-refractivity contribution is 7.80. The Bertz CT molecular complexity index is 427. The predicted molar refractivity (Wildman–Crippen MR) is 61.6 cm³/mol. The molecule has 0 heterocycles. The molecule has 1 aromatic rings. The van der Waals surface area contributed by atoms with Crippen molar-refractivity contribution in [2.45, 2.75) is 6.92 Å². The lowest BCUT2D eigenvalue weighted by molar-refractivity contribution is 1.44.